The summed E-state index contributed by atoms with van der Waals surface area (Å²) in [5.41, 5.74) is 0. The summed E-state index contributed by atoms with van der Waals surface area (Å²) in [4.78, 5) is 0. The Labute approximate surface area is 91.3 Å². The normalized spacial score (nSPS) is 25.2. The van der Waals surface area contributed by atoms with Crippen LogP contribution in [0.1, 0.15) is 77.6 Å². The van der Waals surface area contributed by atoms with Gasteiger partial charge in [-0.2, -0.15) is 0 Å². The first-order valence-electron chi connectivity index (χ1n) is 6.77. The molecule has 1 heteroatoms. The molecule has 1 fully saturated rings. The van der Waals surface area contributed by atoms with Crippen LogP contribution in [0.3, 0.4) is 0 Å². The molecular weight excluding hydrogens is 167 g/mol. The Morgan fingerprint density at radius 3 is 1.50 bits per heavy atom. The van der Waals surface area contributed by atoms with Crippen molar-refractivity contribution in [1.82, 2.24) is 0 Å². The second kappa shape index (κ2) is 6.53. The molecule has 0 atom stereocenters. The van der Waals surface area contributed by atoms with E-state index in [-0.39, 0.29) is 0 Å². The maximum Gasteiger partial charge on any atom is 0.109 e. The molecule has 0 amide bonds. The van der Waals surface area contributed by atoms with Crippen molar-refractivity contribution >= 4 is 7.85 Å². The molecule has 0 spiro atoms. The van der Waals surface area contributed by atoms with Gasteiger partial charge in [0.15, 0.2) is 0 Å². The van der Waals surface area contributed by atoms with Crippen LogP contribution in [0.2, 0.25) is 5.31 Å². The zero-order chi connectivity index (χ0) is 10.3. The van der Waals surface area contributed by atoms with Crippen molar-refractivity contribution in [1.29, 1.82) is 0 Å². The monoisotopic (exact) mass is 194 g/mol. The molecule has 14 heavy (non-hydrogen) atoms. The molecular formula is C13H27B. The minimum absolute atomic E-state index is 0.671. The predicted octanol–water partition coefficient (Wildman–Crippen LogP) is 4.10. The van der Waals surface area contributed by atoms with Crippen molar-refractivity contribution in [2.75, 3.05) is 0 Å². The van der Waals surface area contributed by atoms with Gasteiger partial charge in [0, 0.05) is 0 Å². The first-order valence-corrected chi connectivity index (χ1v) is 6.77. The van der Waals surface area contributed by atoms with Gasteiger partial charge in [-0.1, -0.05) is 82.9 Å². The Balaban J connectivity index is 2.35. The van der Waals surface area contributed by atoms with Crippen molar-refractivity contribution < 1.29 is 0 Å². The van der Waals surface area contributed by atoms with E-state index in [0.29, 0.717) is 5.31 Å². The molecule has 0 aromatic heterocycles. The van der Waals surface area contributed by atoms with Crippen LogP contribution in [0.15, 0.2) is 0 Å². The van der Waals surface area contributed by atoms with Gasteiger partial charge < -0.3 is 0 Å². The van der Waals surface area contributed by atoms with E-state index in [1.807, 2.05) is 0 Å². The largest absolute Gasteiger partial charge is 0.109 e. The summed E-state index contributed by atoms with van der Waals surface area (Å²) in [6, 6.07) is 0. The van der Waals surface area contributed by atoms with Gasteiger partial charge in [-0.05, 0) is 0 Å². The average Bonchev–Trinajstić information content (AvgIpc) is 2.24. The molecule has 0 nitrogen and oxygen atoms in total. The quantitative estimate of drug-likeness (QED) is 0.551. The molecule has 0 aromatic rings. The fraction of sp³-hybridized carbons (Fsp3) is 1.00. The van der Waals surface area contributed by atoms with E-state index in [4.69, 9.17) is 0 Å². The Bertz CT molecular complexity index is 130. The van der Waals surface area contributed by atoms with Crippen LogP contribution in [0, 0.1) is 0 Å². The smallest absolute Gasteiger partial charge is 0.0655 e. The highest BCUT2D eigenvalue weighted by molar-refractivity contribution is 6.15. The van der Waals surface area contributed by atoms with E-state index in [0.717, 1.165) is 0 Å². The summed E-state index contributed by atoms with van der Waals surface area (Å²) >= 11 is 0. The minimum atomic E-state index is 0.671. The van der Waals surface area contributed by atoms with Gasteiger partial charge in [-0.15, -0.1) is 0 Å². The van der Waals surface area contributed by atoms with Crippen LogP contribution >= 0.6 is 0 Å². The van der Waals surface area contributed by atoms with Gasteiger partial charge in [-0.3, -0.25) is 0 Å². The maximum absolute atomic E-state index is 2.50. The first-order chi connectivity index (χ1) is 6.77. The lowest BCUT2D eigenvalue weighted by molar-refractivity contribution is 0.425. The zero-order valence-corrected chi connectivity index (χ0v) is 10.3. The second-order valence-electron chi connectivity index (χ2n) is 5.49. The third-order valence-corrected chi connectivity index (χ3v) is 4.16. The highest BCUT2D eigenvalue weighted by atomic mass is 14.2. The van der Waals surface area contributed by atoms with Crippen LogP contribution in [0.4, 0.5) is 0 Å². The maximum atomic E-state index is 2.50. The molecule has 1 aliphatic rings. The van der Waals surface area contributed by atoms with Gasteiger partial charge >= 0.3 is 0 Å². The molecule has 0 aliphatic heterocycles. The molecule has 0 N–H and O–H groups in total. The average molecular weight is 194 g/mol. The summed E-state index contributed by atoms with van der Waals surface area (Å²) in [5.74, 6) is 0. The van der Waals surface area contributed by atoms with Gasteiger partial charge in [0.05, 0.1) is 0 Å². The summed E-state index contributed by atoms with van der Waals surface area (Å²) in [6.07, 6.45) is 16.2. The van der Waals surface area contributed by atoms with Gasteiger partial charge in [0.2, 0.25) is 0 Å². The zero-order valence-electron chi connectivity index (χ0n) is 10.3. The Kier molecular flexibility index (Phi) is 5.66. The number of rotatable bonds is 1. The van der Waals surface area contributed by atoms with E-state index in [2.05, 4.69) is 14.8 Å². The second-order valence-corrected chi connectivity index (χ2v) is 5.49. The molecule has 1 rings (SSSR count). The van der Waals surface area contributed by atoms with Crippen molar-refractivity contribution in [2.45, 2.75) is 82.9 Å². The Morgan fingerprint density at radius 1 is 0.786 bits per heavy atom. The fourth-order valence-electron chi connectivity index (χ4n) is 2.64. The third-order valence-electron chi connectivity index (χ3n) is 4.16. The molecule has 0 aromatic carbocycles. The summed E-state index contributed by atoms with van der Waals surface area (Å²) in [5, 5.41) is 0.671. The molecule has 82 valence electrons. The highest BCUT2D eigenvalue weighted by Gasteiger charge is 2.20. The molecule has 1 saturated carbocycles. The molecule has 1 aliphatic carbocycles. The summed E-state index contributed by atoms with van der Waals surface area (Å²) < 4.78 is 0. The highest BCUT2D eigenvalue weighted by Crippen LogP contribution is 2.39. The summed E-state index contributed by atoms with van der Waals surface area (Å²) in [7, 11) is 2.50. The predicted molar refractivity (Wildman–Crippen MR) is 67.7 cm³/mol. The standard InChI is InChI=1S/C13H27B/c1-2-13(14)11-9-7-5-3-4-6-8-10-12-13/h2-12,14H2,1H3. The molecule has 0 saturated heterocycles. The Morgan fingerprint density at radius 2 is 1.14 bits per heavy atom. The minimum Gasteiger partial charge on any atom is -0.0655 e. The number of hydrogen-bond donors (Lipinski definition) is 0. The fourth-order valence-corrected chi connectivity index (χ4v) is 2.64. The van der Waals surface area contributed by atoms with Crippen molar-refractivity contribution in [3.63, 3.8) is 0 Å². The topological polar surface area (TPSA) is 0 Å². The van der Waals surface area contributed by atoms with E-state index >= 15 is 0 Å². The lowest BCUT2D eigenvalue weighted by atomic mass is 9.61. The van der Waals surface area contributed by atoms with Crippen LogP contribution in [-0.2, 0) is 0 Å². The van der Waals surface area contributed by atoms with Crippen LogP contribution in [0.25, 0.3) is 0 Å². The van der Waals surface area contributed by atoms with Crippen LogP contribution in [0.5, 0.6) is 0 Å². The van der Waals surface area contributed by atoms with Crippen molar-refractivity contribution in [3.05, 3.63) is 0 Å². The van der Waals surface area contributed by atoms with E-state index in [1.54, 1.807) is 0 Å². The van der Waals surface area contributed by atoms with Crippen molar-refractivity contribution in [3.8, 4) is 0 Å². The lowest BCUT2D eigenvalue weighted by Crippen LogP contribution is -2.11. The van der Waals surface area contributed by atoms with Crippen LogP contribution in [-0.4, -0.2) is 7.85 Å². The van der Waals surface area contributed by atoms with E-state index in [1.165, 1.54) is 70.6 Å². The van der Waals surface area contributed by atoms with E-state index in [9.17, 15) is 0 Å². The SMILES string of the molecule is BC1(CC)CCCCCCCCCC1. The summed E-state index contributed by atoms with van der Waals surface area (Å²) in [6.45, 7) is 2.37. The molecule has 0 unspecified atom stereocenters. The number of hydrogen-bond acceptors (Lipinski definition) is 0. The van der Waals surface area contributed by atoms with Crippen molar-refractivity contribution in [2.24, 2.45) is 0 Å². The molecule has 0 radical (unpaired) electrons. The first kappa shape index (κ1) is 12.1. The van der Waals surface area contributed by atoms with Gasteiger partial charge in [-0.25, -0.2) is 0 Å². The van der Waals surface area contributed by atoms with Gasteiger partial charge in [0.1, 0.15) is 7.85 Å². The van der Waals surface area contributed by atoms with Crippen LogP contribution < -0.4 is 0 Å². The lowest BCUT2D eigenvalue weighted by Gasteiger charge is -2.28. The third kappa shape index (κ3) is 4.53. The molecule has 0 bridgehead atoms. The van der Waals surface area contributed by atoms with Gasteiger partial charge in [0.25, 0.3) is 0 Å². The van der Waals surface area contributed by atoms with E-state index < -0.39 is 0 Å². The Hall–Kier alpha value is 0.0649. The molecule has 0 heterocycles.